The quantitative estimate of drug-likeness (QED) is 0.839. The van der Waals surface area contributed by atoms with Crippen molar-refractivity contribution in [2.75, 3.05) is 6.54 Å². The molecule has 2 saturated carbocycles. The molecule has 2 fully saturated rings. The minimum atomic E-state index is -0.0265. The number of carbonyl (C=O) groups is 2. The van der Waals surface area contributed by atoms with E-state index in [1.807, 2.05) is 18.2 Å². The maximum absolute atomic E-state index is 12.6. The molecule has 1 N–H and O–H groups in total. The molecule has 2 atom stereocenters. The third kappa shape index (κ3) is 1.96. The summed E-state index contributed by atoms with van der Waals surface area (Å²) < 4.78 is 0. The molecule has 3 aliphatic rings. The highest BCUT2D eigenvalue weighted by Crippen LogP contribution is 2.54. The van der Waals surface area contributed by atoms with Gasteiger partial charge in [0.15, 0.2) is 5.78 Å². The Morgan fingerprint density at radius 3 is 2.75 bits per heavy atom. The normalized spacial score (nSPS) is 31.0. The number of nitrogens with one attached hydrogen (secondary N) is 1. The molecule has 1 aromatic rings. The van der Waals surface area contributed by atoms with Gasteiger partial charge in [0.05, 0.1) is 0 Å². The first-order chi connectivity index (χ1) is 9.72. The predicted octanol–water partition coefficient (Wildman–Crippen LogP) is 2.59. The van der Waals surface area contributed by atoms with E-state index in [-0.39, 0.29) is 17.6 Å². The number of aryl methyl sites for hydroxylation is 1. The predicted molar refractivity (Wildman–Crippen MR) is 75.7 cm³/mol. The average molecular weight is 269 g/mol. The number of Topliss-reactive ketones (excluding diaryl/α,β-unsaturated/α-hetero) is 1. The molecule has 0 aromatic heterocycles. The van der Waals surface area contributed by atoms with Gasteiger partial charge in [-0.1, -0.05) is 12.1 Å². The number of hydrogen-bond donors (Lipinski definition) is 1. The van der Waals surface area contributed by atoms with Gasteiger partial charge >= 0.3 is 0 Å². The number of carbonyl (C=O) groups excluding carboxylic acids is 2. The van der Waals surface area contributed by atoms with Gasteiger partial charge in [-0.2, -0.15) is 0 Å². The van der Waals surface area contributed by atoms with Crippen molar-refractivity contribution in [3.63, 3.8) is 0 Å². The summed E-state index contributed by atoms with van der Waals surface area (Å²) in [6.45, 7) is 0.725. The standard InChI is InChI=1S/C17H19NO2/c19-16(14-7-12-6-13(12)8-14)11-4-3-10-2-1-5-18-17(20)15(10)9-11/h3-4,9,12-14H,1-2,5-8H2,(H,18,20). The summed E-state index contributed by atoms with van der Waals surface area (Å²) in [6, 6.07) is 5.72. The lowest BCUT2D eigenvalue weighted by Gasteiger charge is -2.12. The van der Waals surface area contributed by atoms with Crippen LogP contribution in [-0.2, 0) is 6.42 Å². The van der Waals surface area contributed by atoms with Crippen molar-refractivity contribution < 1.29 is 9.59 Å². The van der Waals surface area contributed by atoms with Crippen molar-refractivity contribution in [3.05, 3.63) is 34.9 Å². The molecule has 0 saturated heterocycles. The summed E-state index contributed by atoms with van der Waals surface area (Å²) in [5, 5.41) is 2.90. The van der Waals surface area contributed by atoms with Crippen LogP contribution in [0.15, 0.2) is 18.2 Å². The highest BCUT2D eigenvalue weighted by Gasteiger charge is 2.48. The minimum Gasteiger partial charge on any atom is -0.352 e. The fourth-order valence-corrected chi connectivity index (χ4v) is 3.90. The minimum absolute atomic E-state index is 0.0265. The fraction of sp³-hybridized carbons (Fsp3) is 0.529. The number of hydrogen-bond acceptors (Lipinski definition) is 2. The maximum Gasteiger partial charge on any atom is 0.251 e. The SMILES string of the molecule is O=C1NCCCc2ccc(C(=O)C3CC4CC4C3)cc21. The molecule has 1 amide bonds. The van der Waals surface area contributed by atoms with E-state index >= 15 is 0 Å². The van der Waals surface area contributed by atoms with Crippen molar-refractivity contribution in [3.8, 4) is 0 Å². The summed E-state index contributed by atoms with van der Waals surface area (Å²) in [6.07, 6.45) is 5.34. The molecule has 104 valence electrons. The monoisotopic (exact) mass is 269 g/mol. The molecular weight excluding hydrogens is 250 g/mol. The number of ketones is 1. The van der Waals surface area contributed by atoms with Gasteiger partial charge in [-0.3, -0.25) is 9.59 Å². The Labute approximate surface area is 118 Å². The molecule has 1 aromatic carbocycles. The van der Waals surface area contributed by atoms with Crippen LogP contribution in [0.25, 0.3) is 0 Å². The Morgan fingerprint density at radius 1 is 1.15 bits per heavy atom. The topological polar surface area (TPSA) is 46.2 Å². The first-order valence-electron chi connectivity index (χ1n) is 7.67. The smallest absolute Gasteiger partial charge is 0.251 e. The van der Waals surface area contributed by atoms with Crippen LogP contribution in [0.4, 0.5) is 0 Å². The Morgan fingerprint density at radius 2 is 1.95 bits per heavy atom. The van der Waals surface area contributed by atoms with Crippen LogP contribution in [0.2, 0.25) is 0 Å². The van der Waals surface area contributed by atoms with Crippen LogP contribution in [-0.4, -0.2) is 18.2 Å². The first-order valence-corrected chi connectivity index (χ1v) is 7.67. The summed E-state index contributed by atoms with van der Waals surface area (Å²) in [4.78, 5) is 24.6. The Balaban J connectivity index is 1.62. The van der Waals surface area contributed by atoms with E-state index in [0.717, 1.165) is 55.2 Å². The summed E-state index contributed by atoms with van der Waals surface area (Å²) in [7, 11) is 0. The number of fused-ring (bicyclic) bond motifs is 2. The largest absolute Gasteiger partial charge is 0.352 e. The van der Waals surface area contributed by atoms with Gasteiger partial charge in [0, 0.05) is 23.6 Å². The molecule has 0 bridgehead atoms. The van der Waals surface area contributed by atoms with Gasteiger partial charge in [-0.15, -0.1) is 0 Å². The Kier molecular flexibility index (Phi) is 2.69. The van der Waals surface area contributed by atoms with Gasteiger partial charge in [-0.05, 0) is 55.6 Å². The molecule has 1 aliphatic heterocycles. The molecule has 0 radical (unpaired) electrons. The fourth-order valence-electron chi connectivity index (χ4n) is 3.90. The second-order valence-corrected chi connectivity index (χ2v) is 6.52. The van der Waals surface area contributed by atoms with E-state index in [1.54, 1.807) is 0 Å². The van der Waals surface area contributed by atoms with Crippen LogP contribution in [0, 0.1) is 17.8 Å². The molecular formula is C17H19NO2. The second-order valence-electron chi connectivity index (χ2n) is 6.52. The second kappa shape index (κ2) is 4.44. The zero-order valence-electron chi connectivity index (χ0n) is 11.5. The third-order valence-corrected chi connectivity index (χ3v) is 5.16. The average Bonchev–Trinajstić information content (AvgIpc) is 3.13. The number of amides is 1. The molecule has 2 aliphatic carbocycles. The van der Waals surface area contributed by atoms with Crippen LogP contribution in [0.1, 0.15) is 52.0 Å². The zero-order chi connectivity index (χ0) is 13.7. The van der Waals surface area contributed by atoms with E-state index in [1.165, 1.54) is 6.42 Å². The van der Waals surface area contributed by atoms with E-state index in [9.17, 15) is 9.59 Å². The highest BCUT2D eigenvalue weighted by atomic mass is 16.1. The molecule has 2 unspecified atom stereocenters. The highest BCUT2D eigenvalue weighted by molar-refractivity contribution is 6.02. The van der Waals surface area contributed by atoms with Crippen molar-refractivity contribution in [1.82, 2.24) is 5.32 Å². The molecule has 3 nitrogen and oxygen atoms in total. The van der Waals surface area contributed by atoms with Crippen LogP contribution in [0.3, 0.4) is 0 Å². The lowest BCUT2D eigenvalue weighted by Crippen LogP contribution is -2.23. The van der Waals surface area contributed by atoms with Gasteiger partial charge in [-0.25, -0.2) is 0 Å². The van der Waals surface area contributed by atoms with E-state index in [2.05, 4.69) is 5.32 Å². The van der Waals surface area contributed by atoms with Gasteiger partial charge in [0.2, 0.25) is 0 Å². The molecule has 1 heterocycles. The van der Waals surface area contributed by atoms with Crippen LogP contribution >= 0.6 is 0 Å². The molecule has 4 rings (SSSR count). The lowest BCUT2D eigenvalue weighted by molar-refractivity contribution is 0.0914. The van der Waals surface area contributed by atoms with Gasteiger partial charge in [0.25, 0.3) is 5.91 Å². The van der Waals surface area contributed by atoms with E-state index < -0.39 is 0 Å². The van der Waals surface area contributed by atoms with E-state index in [0.29, 0.717) is 5.56 Å². The van der Waals surface area contributed by atoms with Crippen molar-refractivity contribution in [1.29, 1.82) is 0 Å². The molecule has 20 heavy (non-hydrogen) atoms. The van der Waals surface area contributed by atoms with Gasteiger partial charge < -0.3 is 5.32 Å². The molecule has 3 heteroatoms. The van der Waals surface area contributed by atoms with Gasteiger partial charge in [0.1, 0.15) is 0 Å². The van der Waals surface area contributed by atoms with Crippen molar-refractivity contribution in [2.45, 2.75) is 32.1 Å². The lowest BCUT2D eigenvalue weighted by atomic mass is 9.91. The Bertz CT molecular complexity index is 583. The maximum atomic E-state index is 12.6. The summed E-state index contributed by atoms with van der Waals surface area (Å²) >= 11 is 0. The van der Waals surface area contributed by atoms with Crippen LogP contribution in [0.5, 0.6) is 0 Å². The summed E-state index contributed by atoms with van der Waals surface area (Å²) in [5.41, 5.74) is 2.51. The number of rotatable bonds is 2. The third-order valence-electron chi connectivity index (χ3n) is 5.16. The van der Waals surface area contributed by atoms with Crippen LogP contribution < -0.4 is 5.32 Å². The molecule has 0 spiro atoms. The van der Waals surface area contributed by atoms with Crippen molar-refractivity contribution >= 4 is 11.7 Å². The van der Waals surface area contributed by atoms with Crippen molar-refractivity contribution in [2.24, 2.45) is 17.8 Å². The Hall–Kier alpha value is -1.64. The zero-order valence-corrected chi connectivity index (χ0v) is 11.5. The first kappa shape index (κ1) is 12.1. The number of benzene rings is 1. The van der Waals surface area contributed by atoms with E-state index in [4.69, 9.17) is 0 Å². The summed E-state index contributed by atoms with van der Waals surface area (Å²) in [5.74, 6) is 2.05.